The molecule has 142 valence electrons. The molecule has 2 aromatic heterocycles. The quantitative estimate of drug-likeness (QED) is 0.843. The van der Waals surface area contributed by atoms with Crippen molar-refractivity contribution in [1.82, 2.24) is 24.8 Å². The third-order valence-corrected chi connectivity index (χ3v) is 5.84. The van der Waals surface area contributed by atoms with Crippen LogP contribution in [0.1, 0.15) is 12.8 Å². The van der Waals surface area contributed by atoms with Crippen LogP contribution < -0.4 is 4.90 Å². The Labute approximate surface area is 155 Å². The third-order valence-electron chi connectivity index (χ3n) is 5.84. The van der Waals surface area contributed by atoms with E-state index in [0.717, 1.165) is 62.1 Å². The second-order valence-electron chi connectivity index (χ2n) is 7.50. The number of ether oxygens (including phenoxy) is 1. The number of methoxy groups -OCH3 is 1. The van der Waals surface area contributed by atoms with Crippen molar-refractivity contribution in [2.45, 2.75) is 12.8 Å². The van der Waals surface area contributed by atoms with E-state index in [4.69, 9.17) is 4.74 Å². The maximum Gasteiger partial charge on any atom is 0.142 e. The van der Waals surface area contributed by atoms with Gasteiger partial charge in [-0.05, 0) is 37.9 Å². The minimum Gasteiger partial charge on any atom is -0.383 e. The fourth-order valence-electron chi connectivity index (χ4n) is 4.23. The van der Waals surface area contributed by atoms with Gasteiger partial charge < -0.3 is 19.5 Å². The van der Waals surface area contributed by atoms with Crippen LogP contribution in [0.5, 0.6) is 0 Å². The van der Waals surface area contributed by atoms with E-state index in [2.05, 4.69) is 35.7 Å². The normalized spacial score (nSPS) is 20.9. The summed E-state index contributed by atoms with van der Waals surface area (Å²) < 4.78 is 5.20. The molecule has 4 rings (SSSR count). The number of piperidine rings is 1. The molecule has 0 aliphatic carbocycles. The van der Waals surface area contributed by atoms with Gasteiger partial charge in [0.1, 0.15) is 17.8 Å². The first-order valence-electron chi connectivity index (χ1n) is 9.80. The molecule has 0 aromatic carbocycles. The molecule has 26 heavy (non-hydrogen) atoms. The van der Waals surface area contributed by atoms with E-state index in [0.29, 0.717) is 0 Å². The highest BCUT2D eigenvalue weighted by molar-refractivity contribution is 5.87. The molecule has 0 unspecified atom stereocenters. The molecule has 0 amide bonds. The highest BCUT2D eigenvalue weighted by atomic mass is 16.5. The van der Waals surface area contributed by atoms with Gasteiger partial charge in [-0.3, -0.25) is 4.90 Å². The maximum absolute atomic E-state index is 5.20. The molecule has 0 bridgehead atoms. The summed E-state index contributed by atoms with van der Waals surface area (Å²) in [5, 5.41) is 1.13. The Morgan fingerprint density at radius 3 is 2.65 bits per heavy atom. The summed E-state index contributed by atoms with van der Waals surface area (Å²) in [5.41, 5.74) is 0.928. The molecule has 7 nitrogen and oxygen atoms in total. The molecule has 4 heterocycles. The topological polar surface area (TPSA) is 60.5 Å². The summed E-state index contributed by atoms with van der Waals surface area (Å²) in [4.78, 5) is 19.6. The van der Waals surface area contributed by atoms with Gasteiger partial charge in [0.15, 0.2) is 0 Å². The van der Waals surface area contributed by atoms with E-state index in [1.54, 1.807) is 13.4 Å². The SMILES string of the molecule is COCCN1CCC(CN2CCN(c3ncnc4[nH]ccc34)CC2)CC1. The fourth-order valence-corrected chi connectivity index (χ4v) is 4.23. The molecule has 1 N–H and O–H groups in total. The smallest absolute Gasteiger partial charge is 0.142 e. The lowest BCUT2D eigenvalue weighted by Gasteiger charge is -2.39. The molecule has 2 fully saturated rings. The molecule has 0 saturated carbocycles. The summed E-state index contributed by atoms with van der Waals surface area (Å²) in [6.45, 7) is 9.96. The van der Waals surface area contributed by atoms with Gasteiger partial charge in [0.2, 0.25) is 0 Å². The third kappa shape index (κ3) is 4.00. The second-order valence-corrected chi connectivity index (χ2v) is 7.50. The van der Waals surface area contributed by atoms with E-state index in [1.807, 2.05) is 6.20 Å². The first-order chi connectivity index (χ1) is 12.8. The van der Waals surface area contributed by atoms with E-state index in [9.17, 15) is 0 Å². The number of nitrogens with zero attached hydrogens (tertiary/aromatic N) is 5. The fraction of sp³-hybridized carbons (Fsp3) is 0.684. The molecular weight excluding hydrogens is 328 g/mol. The highest BCUT2D eigenvalue weighted by Gasteiger charge is 2.24. The van der Waals surface area contributed by atoms with Gasteiger partial charge in [-0.1, -0.05) is 0 Å². The molecule has 0 spiro atoms. The lowest BCUT2D eigenvalue weighted by atomic mass is 9.96. The lowest BCUT2D eigenvalue weighted by molar-refractivity contribution is 0.105. The van der Waals surface area contributed by atoms with Gasteiger partial charge in [-0.25, -0.2) is 9.97 Å². The summed E-state index contributed by atoms with van der Waals surface area (Å²) in [5.74, 6) is 1.91. The van der Waals surface area contributed by atoms with Crippen molar-refractivity contribution >= 4 is 16.9 Å². The largest absolute Gasteiger partial charge is 0.383 e. The van der Waals surface area contributed by atoms with Crippen LogP contribution in [0, 0.1) is 5.92 Å². The molecule has 2 saturated heterocycles. The summed E-state index contributed by atoms with van der Waals surface area (Å²) in [6.07, 6.45) is 6.25. The van der Waals surface area contributed by atoms with Crippen molar-refractivity contribution in [3.63, 3.8) is 0 Å². The van der Waals surface area contributed by atoms with E-state index in [-0.39, 0.29) is 0 Å². The number of likely N-dealkylation sites (tertiary alicyclic amines) is 1. The minimum atomic E-state index is 0.843. The Bertz CT molecular complexity index is 688. The van der Waals surface area contributed by atoms with Crippen molar-refractivity contribution in [2.75, 3.05) is 71.0 Å². The Morgan fingerprint density at radius 2 is 1.88 bits per heavy atom. The van der Waals surface area contributed by atoms with E-state index in [1.165, 1.54) is 32.5 Å². The predicted molar refractivity (Wildman–Crippen MR) is 104 cm³/mol. The number of H-pyrrole nitrogens is 1. The Hall–Kier alpha value is -1.70. The van der Waals surface area contributed by atoms with Crippen LogP contribution in [0.25, 0.3) is 11.0 Å². The number of piperazine rings is 1. The van der Waals surface area contributed by atoms with Gasteiger partial charge >= 0.3 is 0 Å². The number of hydrogen-bond donors (Lipinski definition) is 1. The number of rotatable bonds is 6. The molecule has 2 aliphatic rings. The van der Waals surface area contributed by atoms with Crippen LogP contribution in [-0.2, 0) is 4.74 Å². The Kier molecular flexibility index (Phi) is 5.67. The van der Waals surface area contributed by atoms with Crippen LogP contribution >= 0.6 is 0 Å². The Morgan fingerprint density at radius 1 is 1.08 bits per heavy atom. The van der Waals surface area contributed by atoms with Crippen molar-refractivity contribution in [3.05, 3.63) is 18.6 Å². The summed E-state index contributed by atoms with van der Waals surface area (Å²) >= 11 is 0. The van der Waals surface area contributed by atoms with Crippen LogP contribution in [0.2, 0.25) is 0 Å². The minimum absolute atomic E-state index is 0.843. The average Bonchev–Trinajstić information content (AvgIpc) is 3.17. The van der Waals surface area contributed by atoms with Crippen LogP contribution in [0.15, 0.2) is 18.6 Å². The van der Waals surface area contributed by atoms with Crippen molar-refractivity contribution < 1.29 is 4.74 Å². The average molecular weight is 358 g/mol. The molecule has 2 aromatic rings. The molecule has 7 heteroatoms. The number of aromatic nitrogens is 3. The van der Waals surface area contributed by atoms with Gasteiger partial charge in [-0.2, -0.15) is 0 Å². The zero-order valence-electron chi connectivity index (χ0n) is 15.7. The first kappa shape index (κ1) is 17.7. The maximum atomic E-state index is 5.20. The molecular formula is C19H30N6O. The summed E-state index contributed by atoms with van der Waals surface area (Å²) in [6, 6.07) is 2.08. The number of aromatic amines is 1. The standard InChI is InChI=1S/C19H30N6O/c1-26-13-12-23-6-3-16(4-7-23)14-24-8-10-25(11-9-24)19-17-2-5-20-18(17)21-15-22-19/h2,5,15-16H,3-4,6-14H2,1H3,(H,20,21,22). The van der Waals surface area contributed by atoms with Crippen molar-refractivity contribution in [1.29, 1.82) is 0 Å². The predicted octanol–water partition coefficient (Wildman–Crippen LogP) is 1.44. The monoisotopic (exact) mass is 358 g/mol. The number of hydrogen-bond acceptors (Lipinski definition) is 6. The van der Waals surface area contributed by atoms with Crippen LogP contribution in [0.4, 0.5) is 5.82 Å². The molecule has 0 radical (unpaired) electrons. The number of nitrogens with one attached hydrogen (secondary N) is 1. The van der Waals surface area contributed by atoms with Crippen molar-refractivity contribution in [3.8, 4) is 0 Å². The van der Waals surface area contributed by atoms with Gasteiger partial charge in [0, 0.05) is 52.6 Å². The van der Waals surface area contributed by atoms with E-state index < -0.39 is 0 Å². The van der Waals surface area contributed by atoms with E-state index >= 15 is 0 Å². The summed E-state index contributed by atoms with van der Waals surface area (Å²) in [7, 11) is 1.79. The Balaban J connectivity index is 1.25. The number of fused-ring (bicyclic) bond motifs is 1. The molecule has 0 atom stereocenters. The molecule has 2 aliphatic heterocycles. The van der Waals surface area contributed by atoms with Gasteiger partial charge in [-0.15, -0.1) is 0 Å². The van der Waals surface area contributed by atoms with Crippen molar-refractivity contribution in [2.24, 2.45) is 5.92 Å². The van der Waals surface area contributed by atoms with Gasteiger partial charge in [0.05, 0.1) is 12.0 Å². The van der Waals surface area contributed by atoms with Crippen LogP contribution in [0.3, 0.4) is 0 Å². The zero-order chi connectivity index (χ0) is 17.8. The number of anilines is 1. The first-order valence-corrected chi connectivity index (χ1v) is 9.80. The zero-order valence-corrected chi connectivity index (χ0v) is 15.7. The second kappa shape index (κ2) is 8.33. The van der Waals surface area contributed by atoms with Gasteiger partial charge in [0.25, 0.3) is 0 Å². The highest BCUT2D eigenvalue weighted by Crippen LogP contribution is 2.24. The lowest BCUT2D eigenvalue weighted by Crippen LogP contribution is -2.49. The van der Waals surface area contributed by atoms with Crippen LogP contribution in [-0.4, -0.2) is 90.8 Å².